The van der Waals surface area contributed by atoms with Crippen LogP contribution in [0.25, 0.3) is 0 Å². The van der Waals surface area contributed by atoms with E-state index in [4.69, 9.17) is 21.1 Å². The molecular weight excluding hydrogens is 364 g/mol. The Kier molecular flexibility index (Phi) is 6.58. The average molecular weight is 389 g/mol. The second-order valence-electron chi connectivity index (χ2n) is 6.65. The second-order valence-corrected chi connectivity index (χ2v) is 7.09. The Bertz CT molecular complexity index is 773. The van der Waals surface area contributed by atoms with Crippen LogP contribution in [0, 0.1) is 6.92 Å². The summed E-state index contributed by atoms with van der Waals surface area (Å²) in [7, 11) is 0. The van der Waals surface area contributed by atoms with Crippen molar-refractivity contribution in [2.45, 2.75) is 26.5 Å². The van der Waals surface area contributed by atoms with Crippen LogP contribution >= 0.6 is 11.6 Å². The average Bonchev–Trinajstić information content (AvgIpc) is 2.69. The van der Waals surface area contributed by atoms with Crippen molar-refractivity contribution in [3.8, 4) is 5.75 Å². The molecule has 2 aromatic carbocycles. The lowest BCUT2D eigenvalue weighted by atomic mass is 10.2. The van der Waals surface area contributed by atoms with Gasteiger partial charge in [-0.15, -0.1) is 0 Å². The number of nitrogens with zero attached hydrogens (tertiary/aromatic N) is 1. The number of halogens is 1. The molecule has 1 unspecified atom stereocenters. The zero-order chi connectivity index (χ0) is 19.2. The predicted octanol–water partition coefficient (Wildman–Crippen LogP) is 3.57. The minimum absolute atomic E-state index is 0.151. The molecule has 1 aliphatic rings. The fraction of sp³-hybridized carbons (Fsp3) is 0.381. The van der Waals surface area contributed by atoms with E-state index < -0.39 is 6.10 Å². The number of carbonyl (C=O) groups is 1. The Morgan fingerprint density at radius 1 is 1.22 bits per heavy atom. The maximum atomic E-state index is 12.3. The Hall–Kier alpha value is -2.24. The largest absolute Gasteiger partial charge is 0.481 e. The lowest BCUT2D eigenvalue weighted by Crippen LogP contribution is -2.36. The van der Waals surface area contributed by atoms with Crippen molar-refractivity contribution in [3.63, 3.8) is 0 Å². The van der Waals surface area contributed by atoms with Crippen molar-refractivity contribution in [3.05, 3.63) is 58.6 Å². The van der Waals surface area contributed by atoms with E-state index in [9.17, 15) is 4.79 Å². The highest BCUT2D eigenvalue weighted by Gasteiger charge is 2.16. The third-order valence-corrected chi connectivity index (χ3v) is 4.82. The molecule has 0 aromatic heterocycles. The first kappa shape index (κ1) is 19.5. The van der Waals surface area contributed by atoms with E-state index in [1.165, 1.54) is 5.69 Å². The summed E-state index contributed by atoms with van der Waals surface area (Å²) in [5.74, 6) is 0.513. The third-order valence-electron chi connectivity index (χ3n) is 4.59. The summed E-state index contributed by atoms with van der Waals surface area (Å²) in [6.45, 7) is 7.47. The molecule has 27 heavy (non-hydrogen) atoms. The van der Waals surface area contributed by atoms with E-state index in [0.29, 0.717) is 17.3 Å². The van der Waals surface area contributed by atoms with Crippen molar-refractivity contribution in [2.75, 3.05) is 31.2 Å². The van der Waals surface area contributed by atoms with Gasteiger partial charge in [-0.1, -0.05) is 23.7 Å². The molecule has 6 heteroatoms. The smallest absolute Gasteiger partial charge is 0.261 e. The Morgan fingerprint density at radius 2 is 1.93 bits per heavy atom. The van der Waals surface area contributed by atoms with E-state index >= 15 is 0 Å². The van der Waals surface area contributed by atoms with Crippen LogP contribution in [-0.2, 0) is 16.1 Å². The number of benzene rings is 2. The highest BCUT2D eigenvalue weighted by Crippen LogP contribution is 2.23. The van der Waals surface area contributed by atoms with Gasteiger partial charge in [0.15, 0.2) is 6.10 Å². The summed E-state index contributed by atoms with van der Waals surface area (Å²) in [5.41, 5.74) is 3.14. The lowest BCUT2D eigenvalue weighted by Gasteiger charge is -2.28. The molecule has 1 aliphatic heterocycles. The first-order valence-corrected chi connectivity index (χ1v) is 9.53. The maximum Gasteiger partial charge on any atom is 0.261 e. The van der Waals surface area contributed by atoms with Crippen molar-refractivity contribution in [1.82, 2.24) is 5.32 Å². The minimum Gasteiger partial charge on any atom is -0.481 e. The first-order chi connectivity index (χ1) is 13.0. The second kappa shape index (κ2) is 9.11. The van der Waals surface area contributed by atoms with Gasteiger partial charge in [-0.2, -0.15) is 0 Å². The Morgan fingerprint density at radius 3 is 2.59 bits per heavy atom. The van der Waals surface area contributed by atoms with Gasteiger partial charge in [0.2, 0.25) is 0 Å². The monoisotopic (exact) mass is 388 g/mol. The number of nitrogens with one attached hydrogen (secondary N) is 1. The van der Waals surface area contributed by atoms with Crippen LogP contribution in [0.5, 0.6) is 5.75 Å². The molecule has 0 radical (unpaired) electrons. The van der Waals surface area contributed by atoms with Gasteiger partial charge in [0.25, 0.3) is 5.91 Å². The van der Waals surface area contributed by atoms with Crippen molar-refractivity contribution in [2.24, 2.45) is 0 Å². The molecule has 5 nitrogen and oxygen atoms in total. The van der Waals surface area contributed by atoms with Crippen LogP contribution in [-0.4, -0.2) is 38.3 Å². The van der Waals surface area contributed by atoms with Crippen LogP contribution in [0.1, 0.15) is 18.1 Å². The van der Waals surface area contributed by atoms with Gasteiger partial charge in [0.05, 0.1) is 13.2 Å². The summed E-state index contributed by atoms with van der Waals surface area (Å²) >= 11 is 5.95. The summed E-state index contributed by atoms with van der Waals surface area (Å²) in [4.78, 5) is 14.6. The van der Waals surface area contributed by atoms with Gasteiger partial charge in [-0.3, -0.25) is 4.79 Å². The standard InChI is InChI=1S/C21H25ClN2O3/c1-15-13-18(22)5-8-20(15)27-16(2)21(25)23-14-17-3-6-19(7-4-17)24-9-11-26-12-10-24/h3-8,13,16H,9-12,14H2,1-2H3,(H,23,25). The predicted molar refractivity (Wildman–Crippen MR) is 108 cm³/mol. The number of amides is 1. The zero-order valence-electron chi connectivity index (χ0n) is 15.7. The molecule has 1 fully saturated rings. The van der Waals surface area contributed by atoms with Crippen LogP contribution < -0.4 is 15.0 Å². The van der Waals surface area contributed by atoms with E-state index in [1.54, 1.807) is 19.1 Å². The summed E-state index contributed by atoms with van der Waals surface area (Å²) in [6.07, 6.45) is -0.586. The SMILES string of the molecule is Cc1cc(Cl)ccc1OC(C)C(=O)NCc1ccc(N2CCOCC2)cc1. The number of carbonyl (C=O) groups excluding carboxylic acids is 1. The summed E-state index contributed by atoms with van der Waals surface area (Å²) in [5, 5.41) is 3.58. The first-order valence-electron chi connectivity index (χ1n) is 9.15. The number of hydrogen-bond donors (Lipinski definition) is 1. The molecule has 0 aliphatic carbocycles. The number of ether oxygens (including phenoxy) is 2. The normalized spacial score (nSPS) is 15.3. The fourth-order valence-electron chi connectivity index (χ4n) is 2.97. The van der Waals surface area contributed by atoms with Crippen LogP contribution in [0.15, 0.2) is 42.5 Å². The topological polar surface area (TPSA) is 50.8 Å². The number of anilines is 1. The molecule has 1 heterocycles. The summed E-state index contributed by atoms with van der Waals surface area (Å²) in [6, 6.07) is 13.6. The van der Waals surface area contributed by atoms with Crippen molar-refractivity contribution < 1.29 is 14.3 Å². The Labute approximate surface area is 165 Å². The molecule has 2 aromatic rings. The zero-order valence-corrected chi connectivity index (χ0v) is 16.5. The van der Waals surface area contributed by atoms with Crippen LogP contribution in [0.3, 0.4) is 0 Å². The number of hydrogen-bond acceptors (Lipinski definition) is 4. The molecule has 144 valence electrons. The van der Waals surface area contributed by atoms with E-state index in [1.807, 2.05) is 25.1 Å². The molecule has 0 saturated carbocycles. The van der Waals surface area contributed by atoms with Gasteiger partial charge in [0.1, 0.15) is 5.75 Å². The number of rotatable bonds is 6. The van der Waals surface area contributed by atoms with Gasteiger partial charge in [-0.25, -0.2) is 0 Å². The maximum absolute atomic E-state index is 12.3. The van der Waals surface area contributed by atoms with E-state index in [2.05, 4.69) is 22.3 Å². The van der Waals surface area contributed by atoms with Crippen LogP contribution in [0.2, 0.25) is 5.02 Å². The van der Waals surface area contributed by atoms with E-state index in [-0.39, 0.29) is 5.91 Å². The number of morpholine rings is 1. The van der Waals surface area contributed by atoms with Gasteiger partial charge in [0, 0.05) is 30.3 Å². The summed E-state index contributed by atoms with van der Waals surface area (Å²) < 4.78 is 11.1. The molecule has 1 N–H and O–H groups in total. The molecule has 0 spiro atoms. The minimum atomic E-state index is -0.586. The van der Waals surface area contributed by atoms with Gasteiger partial charge < -0.3 is 19.7 Å². The molecule has 1 amide bonds. The highest BCUT2D eigenvalue weighted by molar-refractivity contribution is 6.30. The molecule has 1 saturated heterocycles. The molecule has 3 rings (SSSR count). The molecule has 0 bridgehead atoms. The van der Waals surface area contributed by atoms with E-state index in [0.717, 1.165) is 37.4 Å². The highest BCUT2D eigenvalue weighted by atomic mass is 35.5. The Balaban J connectivity index is 1.50. The fourth-order valence-corrected chi connectivity index (χ4v) is 3.19. The third kappa shape index (κ3) is 5.37. The quantitative estimate of drug-likeness (QED) is 0.821. The van der Waals surface area contributed by atoms with Gasteiger partial charge >= 0.3 is 0 Å². The lowest BCUT2D eigenvalue weighted by molar-refractivity contribution is -0.127. The van der Waals surface area contributed by atoms with Crippen molar-refractivity contribution >= 4 is 23.2 Å². The molecule has 1 atom stereocenters. The molecular formula is C21H25ClN2O3. The number of aryl methyl sites for hydroxylation is 1. The van der Waals surface area contributed by atoms with Crippen LogP contribution in [0.4, 0.5) is 5.69 Å². The van der Waals surface area contributed by atoms with Gasteiger partial charge in [-0.05, 0) is 55.3 Å². The van der Waals surface area contributed by atoms with Crippen molar-refractivity contribution in [1.29, 1.82) is 0 Å².